The number of benzene rings is 1. The molecule has 4 rings (SSSR count). The van der Waals surface area contributed by atoms with Gasteiger partial charge in [0.2, 0.25) is 0 Å². The Hall–Kier alpha value is -3.10. The maximum Gasteiger partial charge on any atom is 0.256 e. The Morgan fingerprint density at radius 3 is 2.55 bits per heavy atom. The van der Waals surface area contributed by atoms with E-state index < -0.39 is 10.9 Å². The number of hydrogen-bond acceptors (Lipinski definition) is 7. The summed E-state index contributed by atoms with van der Waals surface area (Å²) in [6.45, 7) is 4.05. The number of fused-ring (bicyclic) bond motifs is 1. The van der Waals surface area contributed by atoms with Crippen LogP contribution >= 0.6 is 11.6 Å². The lowest BCUT2D eigenvalue weighted by Crippen LogP contribution is -2.37. The van der Waals surface area contributed by atoms with Gasteiger partial charge in [0.15, 0.2) is 0 Å². The first kappa shape index (κ1) is 21.1. The van der Waals surface area contributed by atoms with E-state index in [1.165, 1.54) is 4.90 Å². The number of aliphatic hydroxyl groups is 1. The molecule has 0 fully saturated rings. The Labute approximate surface area is 183 Å². The van der Waals surface area contributed by atoms with E-state index in [0.717, 1.165) is 5.76 Å². The lowest BCUT2D eigenvalue weighted by atomic mass is 10.1. The highest BCUT2D eigenvalue weighted by Gasteiger charge is 2.33. The molecule has 0 saturated heterocycles. The van der Waals surface area contributed by atoms with Crippen LogP contribution in [0.3, 0.4) is 0 Å². The van der Waals surface area contributed by atoms with Gasteiger partial charge in [0.25, 0.3) is 16.8 Å². The van der Waals surface area contributed by atoms with Gasteiger partial charge in [-0.25, -0.2) is 0 Å². The second-order valence-corrected chi connectivity index (χ2v) is 7.89. The standard InChI is InChI=1S/C22H22ClN3O5/c1-3-14(16-7-4-11(2)31-16)24-18-19(21(29)20(18)28)25-15-6-5-13(23)12-10-26(8-9-27)22(30)17(12)15/h4-7,14,24-25,27H,3,8-10H2,1-2H3/t14-/m0/s1. The van der Waals surface area contributed by atoms with Crippen molar-refractivity contribution in [3.63, 3.8) is 0 Å². The Bertz CT molecular complexity index is 1220. The van der Waals surface area contributed by atoms with Gasteiger partial charge in [0.05, 0.1) is 23.9 Å². The average Bonchev–Trinajstić information content (AvgIpc) is 3.33. The Kier molecular flexibility index (Phi) is 5.60. The van der Waals surface area contributed by atoms with Gasteiger partial charge in [-0.05, 0) is 37.6 Å². The summed E-state index contributed by atoms with van der Waals surface area (Å²) in [4.78, 5) is 38.9. The summed E-state index contributed by atoms with van der Waals surface area (Å²) < 4.78 is 5.66. The third kappa shape index (κ3) is 3.62. The van der Waals surface area contributed by atoms with Gasteiger partial charge in [-0.3, -0.25) is 14.4 Å². The fraction of sp³-hybridized carbons (Fsp3) is 0.318. The highest BCUT2D eigenvalue weighted by Crippen LogP contribution is 2.37. The minimum absolute atomic E-state index is 0.102. The molecule has 31 heavy (non-hydrogen) atoms. The van der Waals surface area contributed by atoms with Gasteiger partial charge in [-0.15, -0.1) is 0 Å². The summed E-state index contributed by atoms with van der Waals surface area (Å²) >= 11 is 6.27. The van der Waals surface area contributed by atoms with Crippen LogP contribution in [-0.4, -0.2) is 29.1 Å². The Morgan fingerprint density at radius 2 is 1.90 bits per heavy atom. The van der Waals surface area contributed by atoms with Crippen LogP contribution in [0.25, 0.3) is 0 Å². The van der Waals surface area contributed by atoms with E-state index in [0.29, 0.717) is 34.0 Å². The van der Waals surface area contributed by atoms with Crippen molar-refractivity contribution in [2.45, 2.75) is 32.9 Å². The van der Waals surface area contributed by atoms with Gasteiger partial charge in [-0.1, -0.05) is 18.5 Å². The molecule has 0 spiro atoms. The number of carbonyl (C=O) groups excluding carboxylic acids is 1. The molecule has 162 valence electrons. The predicted octanol–water partition coefficient (Wildman–Crippen LogP) is 3.09. The van der Waals surface area contributed by atoms with E-state index in [-0.39, 0.29) is 43.0 Å². The Balaban J connectivity index is 1.65. The maximum atomic E-state index is 12.8. The van der Waals surface area contributed by atoms with Gasteiger partial charge in [0.1, 0.15) is 22.9 Å². The van der Waals surface area contributed by atoms with Crippen LogP contribution in [0, 0.1) is 6.92 Å². The molecule has 8 nitrogen and oxygen atoms in total. The fourth-order valence-electron chi connectivity index (χ4n) is 3.82. The largest absolute Gasteiger partial charge is 0.464 e. The molecule has 0 radical (unpaired) electrons. The third-order valence-corrected chi connectivity index (χ3v) is 5.83. The van der Waals surface area contributed by atoms with E-state index in [2.05, 4.69) is 10.6 Å². The molecule has 3 N–H and O–H groups in total. The number of amides is 1. The highest BCUT2D eigenvalue weighted by molar-refractivity contribution is 6.32. The third-order valence-electron chi connectivity index (χ3n) is 5.48. The summed E-state index contributed by atoms with van der Waals surface area (Å²) in [7, 11) is 0. The van der Waals surface area contributed by atoms with Crippen LogP contribution in [0.15, 0.2) is 38.3 Å². The molecular weight excluding hydrogens is 422 g/mol. The fourth-order valence-corrected chi connectivity index (χ4v) is 4.04. The molecule has 2 aromatic carbocycles. The molecule has 2 heterocycles. The molecule has 0 aliphatic carbocycles. The zero-order valence-electron chi connectivity index (χ0n) is 17.1. The van der Waals surface area contributed by atoms with Gasteiger partial charge in [-0.2, -0.15) is 0 Å². The zero-order valence-corrected chi connectivity index (χ0v) is 17.9. The lowest BCUT2D eigenvalue weighted by Gasteiger charge is -2.21. The number of carbonyl (C=O) groups is 1. The van der Waals surface area contributed by atoms with E-state index >= 15 is 0 Å². The molecule has 0 unspecified atom stereocenters. The average molecular weight is 444 g/mol. The van der Waals surface area contributed by atoms with Gasteiger partial charge < -0.3 is 25.1 Å². The van der Waals surface area contributed by atoms with Crippen LogP contribution in [0.1, 0.15) is 46.8 Å². The van der Waals surface area contributed by atoms with Crippen LogP contribution in [-0.2, 0) is 6.54 Å². The van der Waals surface area contributed by atoms with E-state index in [9.17, 15) is 19.5 Å². The normalized spacial score (nSPS) is 14.2. The minimum Gasteiger partial charge on any atom is -0.464 e. The first-order chi connectivity index (χ1) is 14.8. The predicted molar refractivity (Wildman–Crippen MR) is 118 cm³/mol. The summed E-state index contributed by atoms with van der Waals surface area (Å²) in [5.74, 6) is 1.13. The van der Waals surface area contributed by atoms with Crippen molar-refractivity contribution in [3.05, 3.63) is 72.4 Å². The SMILES string of the molecule is CC[C@H](Nc1c(Nc2ccc(Cl)c3c2C(=O)N(CCO)C3)c(=O)c1=O)c1ccc(C)o1. The van der Waals surface area contributed by atoms with Crippen LogP contribution in [0.4, 0.5) is 17.1 Å². The number of β-amino-alcohol motifs (C(OH)–C–C–N with tert-alkyl or cyclic N) is 1. The molecule has 0 saturated carbocycles. The van der Waals surface area contributed by atoms with Crippen LogP contribution < -0.4 is 21.5 Å². The minimum atomic E-state index is -0.658. The molecule has 3 aromatic rings. The number of hydrogen-bond donors (Lipinski definition) is 3. The highest BCUT2D eigenvalue weighted by atomic mass is 35.5. The van der Waals surface area contributed by atoms with E-state index in [1.807, 2.05) is 26.0 Å². The molecule has 1 amide bonds. The molecular formula is C22H22ClN3O5. The summed E-state index contributed by atoms with van der Waals surface area (Å²) in [5.41, 5.74) is 0.334. The zero-order chi connectivity index (χ0) is 22.3. The first-order valence-electron chi connectivity index (χ1n) is 10.00. The monoisotopic (exact) mass is 443 g/mol. The summed E-state index contributed by atoms with van der Waals surface area (Å²) in [5, 5.41) is 15.7. The van der Waals surface area contributed by atoms with Gasteiger partial charge >= 0.3 is 0 Å². The topological polar surface area (TPSA) is 112 Å². The van der Waals surface area contributed by atoms with Crippen LogP contribution in [0.2, 0.25) is 5.02 Å². The smallest absolute Gasteiger partial charge is 0.256 e. The number of anilines is 3. The van der Waals surface area contributed by atoms with E-state index in [1.54, 1.807) is 12.1 Å². The van der Waals surface area contributed by atoms with Crippen molar-refractivity contribution >= 4 is 34.6 Å². The molecule has 0 bridgehead atoms. The van der Waals surface area contributed by atoms with Crippen molar-refractivity contribution in [1.82, 2.24) is 4.90 Å². The van der Waals surface area contributed by atoms with Crippen molar-refractivity contribution in [3.8, 4) is 0 Å². The number of aryl methyl sites for hydroxylation is 1. The summed E-state index contributed by atoms with van der Waals surface area (Å²) in [6, 6.07) is 6.62. The Morgan fingerprint density at radius 1 is 1.16 bits per heavy atom. The molecule has 1 aromatic heterocycles. The second-order valence-electron chi connectivity index (χ2n) is 7.49. The number of halogens is 1. The van der Waals surface area contributed by atoms with Crippen molar-refractivity contribution < 1.29 is 14.3 Å². The van der Waals surface area contributed by atoms with Gasteiger partial charge in [0, 0.05) is 23.7 Å². The van der Waals surface area contributed by atoms with E-state index in [4.69, 9.17) is 16.0 Å². The lowest BCUT2D eigenvalue weighted by molar-refractivity contribution is 0.0746. The molecule has 1 aliphatic rings. The number of nitrogens with one attached hydrogen (secondary N) is 2. The van der Waals surface area contributed by atoms with Crippen molar-refractivity contribution in [2.75, 3.05) is 23.8 Å². The number of furan rings is 1. The van der Waals surface area contributed by atoms with Crippen molar-refractivity contribution in [1.29, 1.82) is 0 Å². The number of rotatable bonds is 8. The molecule has 1 aliphatic heterocycles. The summed E-state index contributed by atoms with van der Waals surface area (Å²) in [6.07, 6.45) is 0.635. The number of aliphatic hydroxyl groups excluding tert-OH is 1. The first-order valence-corrected chi connectivity index (χ1v) is 10.4. The van der Waals surface area contributed by atoms with Crippen LogP contribution in [0.5, 0.6) is 0 Å². The molecule has 9 heteroatoms. The maximum absolute atomic E-state index is 12.8. The van der Waals surface area contributed by atoms with Crippen molar-refractivity contribution in [2.24, 2.45) is 0 Å². The quantitative estimate of drug-likeness (QED) is 0.458. The molecule has 1 atom stereocenters. The second kappa shape index (κ2) is 8.20. The number of nitrogens with zero attached hydrogens (tertiary/aromatic N) is 1.